The molecule has 0 aromatic heterocycles. The van der Waals surface area contributed by atoms with Crippen LogP contribution in [0.5, 0.6) is 5.75 Å². The fourth-order valence-electron chi connectivity index (χ4n) is 2.40. The summed E-state index contributed by atoms with van der Waals surface area (Å²) >= 11 is 12.4. The van der Waals surface area contributed by atoms with E-state index in [-0.39, 0.29) is 16.3 Å². The van der Waals surface area contributed by atoms with Crippen molar-refractivity contribution in [1.29, 1.82) is 0 Å². The molecule has 0 saturated carbocycles. The van der Waals surface area contributed by atoms with Gasteiger partial charge in [0, 0.05) is 23.8 Å². The average molecular weight is 417 g/mol. The van der Waals surface area contributed by atoms with E-state index >= 15 is 0 Å². The lowest BCUT2D eigenvalue weighted by molar-refractivity contribution is -0.384. The summed E-state index contributed by atoms with van der Waals surface area (Å²) in [4.78, 5) is 22.6. The molecular formula is C20H14Cl2N2O4. The highest BCUT2D eigenvalue weighted by atomic mass is 35.5. The molecule has 0 fully saturated rings. The van der Waals surface area contributed by atoms with Gasteiger partial charge >= 0.3 is 0 Å². The molecule has 0 aliphatic rings. The number of hydrogen-bond acceptors (Lipinski definition) is 4. The van der Waals surface area contributed by atoms with Gasteiger partial charge in [-0.2, -0.15) is 0 Å². The maximum atomic E-state index is 12.4. The zero-order chi connectivity index (χ0) is 20.1. The highest BCUT2D eigenvalue weighted by Gasteiger charge is 2.14. The minimum atomic E-state index is -0.534. The summed E-state index contributed by atoms with van der Waals surface area (Å²) in [6.45, 7) is 0.304. The number of halogens is 2. The van der Waals surface area contributed by atoms with E-state index < -0.39 is 10.8 Å². The minimum absolute atomic E-state index is 0.0994. The van der Waals surface area contributed by atoms with Gasteiger partial charge in [0.2, 0.25) is 0 Å². The van der Waals surface area contributed by atoms with Crippen molar-refractivity contribution in [2.45, 2.75) is 6.61 Å². The molecule has 0 aliphatic heterocycles. The smallest absolute Gasteiger partial charge is 0.269 e. The minimum Gasteiger partial charge on any atom is -0.487 e. The Morgan fingerprint density at radius 3 is 2.32 bits per heavy atom. The molecule has 3 rings (SSSR count). The van der Waals surface area contributed by atoms with Gasteiger partial charge in [0.25, 0.3) is 11.6 Å². The number of carbonyl (C=O) groups excluding carboxylic acids is 1. The van der Waals surface area contributed by atoms with Gasteiger partial charge in [-0.1, -0.05) is 53.5 Å². The second-order valence-electron chi connectivity index (χ2n) is 5.79. The zero-order valence-corrected chi connectivity index (χ0v) is 15.9. The number of nitro groups is 1. The Kier molecular flexibility index (Phi) is 6.13. The van der Waals surface area contributed by atoms with Crippen molar-refractivity contribution in [2.75, 3.05) is 5.32 Å². The number of nitrogens with one attached hydrogen (secondary N) is 1. The summed E-state index contributed by atoms with van der Waals surface area (Å²) in [5.74, 6) is -0.0953. The van der Waals surface area contributed by atoms with Crippen LogP contribution in [0.3, 0.4) is 0 Å². The molecule has 3 aromatic rings. The number of anilines is 1. The van der Waals surface area contributed by atoms with Crippen LogP contribution < -0.4 is 10.1 Å². The predicted molar refractivity (Wildman–Crippen MR) is 108 cm³/mol. The van der Waals surface area contributed by atoms with Gasteiger partial charge in [0.1, 0.15) is 12.4 Å². The average Bonchev–Trinajstić information content (AvgIpc) is 2.70. The number of rotatable bonds is 6. The summed E-state index contributed by atoms with van der Waals surface area (Å²) < 4.78 is 5.73. The van der Waals surface area contributed by atoms with E-state index in [1.807, 2.05) is 30.3 Å². The molecule has 0 bridgehead atoms. The van der Waals surface area contributed by atoms with Gasteiger partial charge in [0.05, 0.1) is 20.7 Å². The fourth-order valence-corrected chi connectivity index (χ4v) is 2.88. The highest BCUT2D eigenvalue weighted by molar-refractivity contribution is 6.37. The number of carbonyl (C=O) groups is 1. The molecule has 0 atom stereocenters. The molecule has 1 N–H and O–H groups in total. The molecule has 0 saturated heterocycles. The molecule has 0 spiro atoms. The normalized spacial score (nSPS) is 10.4. The van der Waals surface area contributed by atoms with Crippen LogP contribution in [-0.4, -0.2) is 10.8 Å². The molecule has 8 heteroatoms. The molecule has 28 heavy (non-hydrogen) atoms. The van der Waals surface area contributed by atoms with Crippen LogP contribution in [0.25, 0.3) is 0 Å². The van der Waals surface area contributed by atoms with Crippen LogP contribution in [0.1, 0.15) is 15.9 Å². The molecular weight excluding hydrogens is 403 g/mol. The van der Waals surface area contributed by atoms with Crippen molar-refractivity contribution in [3.8, 4) is 5.75 Å². The molecule has 3 aromatic carbocycles. The van der Waals surface area contributed by atoms with E-state index in [0.717, 1.165) is 5.56 Å². The standard InChI is InChI=1S/C20H14Cl2N2O4/c21-16-10-17(22)19(28-12-13-4-2-1-3-5-13)11-18(16)23-20(25)14-6-8-15(9-7-14)24(26)27/h1-11H,12H2,(H,23,25). The van der Waals surface area contributed by atoms with Crippen molar-refractivity contribution in [3.05, 3.63) is 98.0 Å². The van der Waals surface area contributed by atoms with Gasteiger partial charge in [-0.05, 0) is 23.8 Å². The zero-order valence-electron chi connectivity index (χ0n) is 14.4. The number of hydrogen-bond donors (Lipinski definition) is 1. The number of nitro benzene ring substituents is 1. The number of amides is 1. The Bertz CT molecular complexity index is 1010. The molecule has 6 nitrogen and oxygen atoms in total. The lowest BCUT2D eigenvalue weighted by atomic mass is 10.2. The molecule has 1 amide bonds. The van der Waals surface area contributed by atoms with Crippen LogP contribution in [0.4, 0.5) is 11.4 Å². The molecule has 0 unspecified atom stereocenters. The molecule has 0 heterocycles. The molecule has 0 aliphatic carbocycles. The first-order valence-electron chi connectivity index (χ1n) is 8.15. The van der Waals surface area contributed by atoms with Crippen molar-refractivity contribution in [3.63, 3.8) is 0 Å². The Balaban J connectivity index is 1.75. The lowest BCUT2D eigenvalue weighted by Crippen LogP contribution is -2.12. The summed E-state index contributed by atoms with van der Waals surface area (Å²) in [6, 6.07) is 17.8. The van der Waals surface area contributed by atoms with Gasteiger partial charge in [-0.15, -0.1) is 0 Å². The third kappa shape index (κ3) is 4.79. The second kappa shape index (κ2) is 8.73. The van der Waals surface area contributed by atoms with Gasteiger partial charge in [0.15, 0.2) is 0 Å². The van der Waals surface area contributed by atoms with E-state index in [9.17, 15) is 14.9 Å². The number of benzene rings is 3. The van der Waals surface area contributed by atoms with Gasteiger partial charge < -0.3 is 10.1 Å². The van der Waals surface area contributed by atoms with E-state index in [2.05, 4.69) is 5.32 Å². The van der Waals surface area contributed by atoms with Crippen molar-refractivity contribution in [1.82, 2.24) is 0 Å². The van der Waals surface area contributed by atoms with Crippen LogP contribution in [0.15, 0.2) is 66.7 Å². The highest BCUT2D eigenvalue weighted by Crippen LogP contribution is 2.35. The van der Waals surface area contributed by atoms with E-state index in [1.54, 1.807) is 0 Å². The van der Waals surface area contributed by atoms with Crippen LogP contribution >= 0.6 is 23.2 Å². The van der Waals surface area contributed by atoms with Crippen molar-refractivity contribution >= 4 is 40.5 Å². The summed E-state index contributed by atoms with van der Waals surface area (Å²) in [5, 5.41) is 13.9. The number of ether oxygens (including phenoxy) is 1. The third-order valence-corrected chi connectivity index (χ3v) is 4.46. The van der Waals surface area contributed by atoms with E-state index in [1.165, 1.54) is 36.4 Å². The maximum Gasteiger partial charge on any atom is 0.269 e. The van der Waals surface area contributed by atoms with Gasteiger partial charge in [-0.3, -0.25) is 14.9 Å². The Morgan fingerprint density at radius 2 is 1.68 bits per heavy atom. The first-order valence-corrected chi connectivity index (χ1v) is 8.91. The van der Waals surface area contributed by atoms with E-state index in [4.69, 9.17) is 27.9 Å². The topological polar surface area (TPSA) is 81.5 Å². The summed E-state index contributed by atoms with van der Waals surface area (Å²) in [5.41, 5.74) is 1.43. The number of nitrogens with zero attached hydrogens (tertiary/aromatic N) is 1. The number of non-ortho nitro benzene ring substituents is 1. The third-order valence-electron chi connectivity index (χ3n) is 3.85. The maximum absolute atomic E-state index is 12.4. The fraction of sp³-hybridized carbons (Fsp3) is 0.0500. The SMILES string of the molecule is O=C(Nc1cc(OCc2ccccc2)c(Cl)cc1Cl)c1ccc([N+](=O)[O-])cc1. The first kappa shape index (κ1) is 19.7. The van der Waals surface area contributed by atoms with E-state index in [0.29, 0.717) is 23.1 Å². The van der Waals surface area contributed by atoms with Crippen LogP contribution in [-0.2, 0) is 6.61 Å². The van der Waals surface area contributed by atoms with Crippen LogP contribution in [0.2, 0.25) is 10.0 Å². The van der Waals surface area contributed by atoms with Crippen LogP contribution in [0, 0.1) is 10.1 Å². The Hall–Kier alpha value is -3.09. The Morgan fingerprint density at radius 1 is 1.00 bits per heavy atom. The predicted octanol–water partition coefficient (Wildman–Crippen LogP) is 5.73. The molecule has 0 radical (unpaired) electrons. The monoisotopic (exact) mass is 416 g/mol. The first-order chi connectivity index (χ1) is 13.4. The van der Waals surface area contributed by atoms with Gasteiger partial charge in [-0.25, -0.2) is 0 Å². The Labute approximate surface area is 170 Å². The quantitative estimate of drug-likeness (QED) is 0.410. The summed E-state index contributed by atoms with van der Waals surface area (Å²) in [6.07, 6.45) is 0. The molecule has 142 valence electrons. The van der Waals surface area contributed by atoms with Crippen molar-refractivity contribution in [2.24, 2.45) is 0 Å². The van der Waals surface area contributed by atoms with Crippen molar-refractivity contribution < 1.29 is 14.5 Å². The summed E-state index contributed by atoms with van der Waals surface area (Å²) in [7, 11) is 0. The second-order valence-corrected chi connectivity index (χ2v) is 6.61. The largest absolute Gasteiger partial charge is 0.487 e. The lowest BCUT2D eigenvalue weighted by Gasteiger charge is -2.13.